The molecular formula is C16H18IP. The van der Waals surface area contributed by atoms with Gasteiger partial charge >= 0.3 is 0 Å². The van der Waals surface area contributed by atoms with Crippen LogP contribution in [0.2, 0.25) is 0 Å². The molecule has 0 fully saturated rings. The standard InChI is InChI=1S/C16H18P.HI/c1-14(2)17(3,15-10-6-4-7-11-15)16-12-8-5-9-13-16;/h4-13H,1H2,2-3H3;1H/q+1;/p-1. The Balaban J connectivity index is 0.00000162. The Labute approximate surface area is 127 Å². The maximum absolute atomic E-state index is 4.23. The lowest BCUT2D eigenvalue weighted by molar-refractivity contribution is -0.00000346. The van der Waals surface area contributed by atoms with Gasteiger partial charge < -0.3 is 24.0 Å². The molecule has 0 bridgehead atoms. The van der Waals surface area contributed by atoms with Crippen LogP contribution in [-0.4, -0.2) is 6.66 Å². The number of benzene rings is 2. The summed E-state index contributed by atoms with van der Waals surface area (Å²) in [5, 5.41) is 4.08. The maximum atomic E-state index is 4.23. The second-order valence-electron chi connectivity index (χ2n) is 4.41. The van der Waals surface area contributed by atoms with E-state index in [1.807, 2.05) is 0 Å². The van der Waals surface area contributed by atoms with Crippen molar-refractivity contribution in [1.82, 2.24) is 0 Å². The quantitative estimate of drug-likeness (QED) is 0.556. The van der Waals surface area contributed by atoms with Crippen molar-refractivity contribution in [1.29, 1.82) is 0 Å². The third-order valence-electron chi connectivity index (χ3n) is 3.31. The zero-order chi connectivity index (χ0) is 12.3. The van der Waals surface area contributed by atoms with Crippen LogP contribution in [0.25, 0.3) is 0 Å². The van der Waals surface area contributed by atoms with Crippen LogP contribution in [0.4, 0.5) is 0 Å². The van der Waals surface area contributed by atoms with Gasteiger partial charge in [0.2, 0.25) is 0 Å². The van der Waals surface area contributed by atoms with Gasteiger partial charge in [-0.25, -0.2) is 0 Å². The van der Waals surface area contributed by atoms with Crippen LogP contribution in [0.3, 0.4) is 0 Å². The molecule has 0 N–H and O–H groups in total. The first kappa shape index (κ1) is 15.4. The Hall–Kier alpha value is -0.660. The lowest BCUT2D eigenvalue weighted by Crippen LogP contribution is -3.00. The second-order valence-corrected chi connectivity index (χ2v) is 8.22. The van der Waals surface area contributed by atoms with E-state index in [1.54, 1.807) is 0 Å². The van der Waals surface area contributed by atoms with Gasteiger partial charge in [-0.15, -0.1) is 0 Å². The van der Waals surface area contributed by atoms with E-state index in [2.05, 4.69) is 80.8 Å². The molecule has 0 amide bonds. The summed E-state index contributed by atoms with van der Waals surface area (Å²) in [5.41, 5.74) is 0. The van der Waals surface area contributed by atoms with Crippen LogP contribution in [0.15, 0.2) is 72.6 Å². The summed E-state index contributed by atoms with van der Waals surface area (Å²) < 4.78 is 0. The Morgan fingerprint density at radius 2 is 1.17 bits per heavy atom. The average Bonchev–Trinajstić information content (AvgIpc) is 2.39. The molecule has 0 aliphatic heterocycles. The van der Waals surface area contributed by atoms with Gasteiger partial charge in [-0.05, 0) is 31.2 Å². The minimum atomic E-state index is -1.44. The minimum Gasteiger partial charge on any atom is -1.00 e. The van der Waals surface area contributed by atoms with E-state index in [1.165, 1.54) is 15.9 Å². The molecule has 0 heterocycles. The SMILES string of the molecule is C=C(C)[P+](C)(c1ccccc1)c1ccccc1.[I-]. The fourth-order valence-corrected chi connectivity index (χ4v) is 4.76. The normalized spacial score (nSPS) is 10.6. The highest BCUT2D eigenvalue weighted by atomic mass is 127. The number of hydrogen-bond donors (Lipinski definition) is 0. The molecule has 0 saturated carbocycles. The van der Waals surface area contributed by atoms with Gasteiger partial charge in [-0.3, -0.25) is 0 Å². The molecule has 0 aliphatic carbocycles. The molecule has 0 nitrogen and oxygen atoms in total. The zero-order valence-corrected chi connectivity index (χ0v) is 13.9. The highest BCUT2D eigenvalue weighted by Crippen LogP contribution is 2.59. The van der Waals surface area contributed by atoms with Gasteiger partial charge in [0.25, 0.3) is 0 Å². The zero-order valence-electron chi connectivity index (χ0n) is 10.8. The van der Waals surface area contributed by atoms with Crippen LogP contribution >= 0.6 is 7.26 Å². The summed E-state index contributed by atoms with van der Waals surface area (Å²) in [4.78, 5) is 0. The number of halogens is 1. The van der Waals surface area contributed by atoms with Crippen LogP contribution < -0.4 is 34.6 Å². The monoisotopic (exact) mass is 368 g/mol. The lowest BCUT2D eigenvalue weighted by atomic mass is 10.4. The van der Waals surface area contributed by atoms with Crippen LogP contribution in [-0.2, 0) is 0 Å². The molecule has 2 aromatic carbocycles. The summed E-state index contributed by atoms with van der Waals surface area (Å²) in [6.07, 6.45) is 0. The molecule has 0 aromatic heterocycles. The maximum Gasteiger partial charge on any atom is 0.104 e. The highest BCUT2D eigenvalue weighted by molar-refractivity contribution is 7.92. The van der Waals surface area contributed by atoms with Gasteiger partial charge in [0, 0.05) is 0 Å². The summed E-state index contributed by atoms with van der Waals surface area (Å²) in [6.45, 7) is 8.72. The van der Waals surface area contributed by atoms with E-state index < -0.39 is 7.26 Å². The van der Waals surface area contributed by atoms with Crippen molar-refractivity contribution < 1.29 is 24.0 Å². The van der Waals surface area contributed by atoms with Crippen molar-refractivity contribution in [3.8, 4) is 0 Å². The molecular weight excluding hydrogens is 350 g/mol. The van der Waals surface area contributed by atoms with Gasteiger partial charge in [-0.1, -0.05) is 43.0 Å². The first-order chi connectivity index (χ1) is 8.15. The van der Waals surface area contributed by atoms with E-state index in [9.17, 15) is 0 Å². The minimum absolute atomic E-state index is 0. The Morgan fingerprint density at radius 1 is 0.833 bits per heavy atom. The first-order valence-electron chi connectivity index (χ1n) is 5.79. The Kier molecular flexibility index (Phi) is 5.55. The van der Waals surface area contributed by atoms with E-state index in [0.717, 1.165) is 0 Å². The predicted molar refractivity (Wildman–Crippen MR) is 79.8 cm³/mol. The molecule has 0 spiro atoms. The van der Waals surface area contributed by atoms with Gasteiger partial charge in [0.15, 0.2) is 0 Å². The fourth-order valence-electron chi connectivity index (χ4n) is 2.04. The van der Waals surface area contributed by atoms with Gasteiger partial charge in [-0.2, -0.15) is 0 Å². The van der Waals surface area contributed by atoms with E-state index >= 15 is 0 Å². The van der Waals surface area contributed by atoms with Crippen molar-refractivity contribution >= 4 is 17.9 Å². The van der Waals surface area contributed by atoms with Crippen molar-refractivity contribution in [3.63, 3.8) is 0 Å². The third-order valence-corrected chi connectivity index (χ3v) is 7.50. The van der Waals surface area contributed by atoms with Crippen LogP contribution in [0.1, 0.15) is 6.92 Å². The summed E-state index contributed by atoms with van der Waals surface area (Å²) in [5.74, 6) is 0. The second kappa shape index (κ2) is 6.49. The van der Waals surface area contributed by atoms with Crippen molar-refractivity contribution in [2.45, 2.75) is 6.92 Å². The van der Waals surface area contributed by atoms with Crippen molar-refractivity contribution in [2.24, 2.45) is 0 Å². The van der Waals surface area contributed by atoms with E-state index in [4.69, 9.17) is 0 Å². The smallest absolute Gasteiger partial charge is 0.104 e. The molecule has 94 valence electrons. The fraction of sp³-hybridized carbons (Fsp3) is 0.125. The topological polar surface area (TPSA) is 0 Å². The molecule has 18 heavy (non-hydrogen) atoms. The van der Waals surface area contributed by atoms with E-state index in [0.29, 0.717) is 0 Å². The van der Waals surface area contributed by atoms with Gasteiger partial charge in [0.05, 0.1) is 12.0 Å². The van der Waals surface area contributed by atoms with Crippen LogP contribution in [0.5, 0.6) is 0 Å². The van der Waals surface area contributed by atoms with Crippen LogP contribution in [0, 0.1) is 0 Å². The molecule has 0 aliphatic rings. The predicted octanol–water partition coefficient (Wildman–Crippen LogP) is 0.822. The Morgan fingerprint density at radius 3 is 1.44 bits per heavy atom. The number of hydrogen-bond acceptors (Lipinski definition) is 0. The molecule has 0 unspecified atom stereocenters. The summed E-state index contributed by atoms with van der Waals surface area (Å²) in [7, 11) is -1.44. The van der Waals surface area contributed by atoms with E-state index in [-0.39, 0.29) is 24.0 Å². The lowest BCUT2D eigenvalue weighted by Gasteiger charge is -2.22. The summed E-state index contributed by atoms with van der Waals surface area (Å²) >= 11 is 0. The highest BCUT2D eigenvalue weighted by Gasteiger charge is 2.38. The molecule has 0 saturated heterocycles. The van der Waals surface area contributed by atoms with Gasteiger partial charge in [0.1, 0.15) is 17.9 Å². The molecule has 2 heteroatoms. The summed E-state index contributed by atoms with van der Waals surface area (Å²) in [6, 6.07) is 21.4. The number of rotatable bonds is 3. The van der Waals surface area contributed by atoms with Crippen molar-refractivity contribution in [3.05, 3.63) is 72.6 Å². The van der Waals surface area contributed by atoms with Crippen molar-refractivity contribution in [2.75, 3.05) is 6.66 Å². The Bertz CT molecular complexity index is 466. The molecule has 0 radical (unpaired) electrons. The average molecular weight is 368 g/mol. The molecule has 0 atom stereocenters. The molecule has 2 aromatic rings. The first-order valence-corrected chi connectivity index (χ1v) is 8.03. The number of allylic oxidation sites excluding steroid dienone is 1. The largest absolute Gasteiger partial charge is 1.00 e. The molecule has 2 rings (SSSR count). The third kappa shape index (κ3) is 2.84.